The first-order valence-corrected chi connectivity index (χ1v) is 20.4. The third-order valence-corrected chi connectivity index (χ3v) is 11.9. The minimum absolute atomic E-state index is 0.116. The van der Waals surface area contributed by atoms with Crippen LogP contribution < -0.4 is 0 Å². The van der Waals surface area contributed by atoms with Gasteiger partial charge in [-0.3, -0.25) is 9.59 Å². The Kier molecular flexibility index (Phi) is 20.3. The van der Waals surface area contributed by atoms with E-state index in [-0.39, 0.29) is 35.4 Å². The van der Waals surface area contributed by atoms with Crippen molar-refractivity contribution < 1.29 is 32.2 Å². The van der Waals surface area contributed by atoms with Crippen molar-refractivity contribution in [3.05, 3.63) is 107 Å². The molecule has 12 heteroatoms. The molecule has 4 nitrogen and oxygen atoms in total. The van der Waals surface area contributed by atoms with E-state index in [4.69, 9.17) is 32.7 Å². The first-order chi connectivity index (χ1) is 23.1. The van der Waals surface area contributed by atoms with Crippen molar-refractivity contribution in [1.29, 1.82) is 0 Å². The van der Waals surface area contributed by atoms with E-state index < -0.39 is 28.1 Å². The van der Waals surface area contributed by atoms with Gasteiger partial charge in [-0.25, -0.2) is 13.2 Å². The Morgan fingerprint density at radius 3 is 1.37 bits per heavy atom. The topological polar surface area (TPSA) is 52.6 Å². The fourth-order valence-corrected chi connectivity index (χ4v) is 7.79. The Labute approximate surface area is 313 Å². The summed E-state index contributed by atoms with van der Waals surface area (Å²) < 4.78 is 48.5. The SMILES string of the molecule is CCOC(=O)C(C(=O)OCC)C(C)(CSC)c1ccc(F)cc1.CSC(C)(CCl)c1ccc(F)cc1.CSCC(C)(Cl)c1ccc(F)cc1. The van der Waals surface area contributed by atoms with E-state index in [1.807, 2.05) is 25.7 Å². The third kappa shape index (κ3) is 13.9. The normalized spacial score (nSPS) is 14.5. The van der Waals surface area contributed by atoms with Gasteiger partial charge in [0.2, 0.25) is 0 Å². The summed E-state index contributed by atoms with van der Waals surface area (Å²) in [6, 6.07) is 18.7. The number of hydrogen-bond acceptors (Lipinski definition) is 7. The van der Waals surface area contributed by atoms with Crippen LogP contribution in [0.1, 0.15) is 51.3 Å². The maximum Gasteiger partial charge on any atom is 0.321 e. The Hall–Kier alpha value is -1.98. The van der Waals surface area contributed by atoms with Crippen LogP contribution in [-0.2, 0) is 34.1 Å². The number of benzene rings is 3. The fourth-order valence-electron chi connectivity index (χ4n) is 4.74. The molecule has 0 heterocycles. The van der Waals surface area contributed by atoms with Crippen molar-refractivity contribution in [2.45, 2.75) is 49.7 Å². The first-order valence-electron chi connectivity index (χ1n) is 15.5. The van der Waals surface area contributed by atoms with Crippen LogP contribution in [0.15, 0.2) is 72.8 Å². The van der Waals surface area contributed by atoms with Crippen LogP contribution in [0.4, 0.5) is 13.2 Å². The molecule has 3 unspecified atom stereocenters. The second kappa shape index (κ2) is 22.1. The van der Waals surface area contributed by atoms with Crippen LogP contribution >= 0.6 is 58.5 Å². The van der Waals surface area contributed by atoms with E-state index in [1.54, 1.807) is 80.7 Å². The van der Waals surface area contributed by atoms with Gasteiger partial charge in [-0.15, -0.1) is 23.2 Å². The van der Waals surface area contributed by atoms with Crippen molar-refractivity contribution in [3.63, 3.8) is 0 Å². The van der Waals surface area contributed by atoms with Gasteiger partial charge < -0.3 is 9.47 Å². The second-order valence-electron chi connectivity index (χ2n) is 11.5. The van der Waals surface area contributed by atoms with Crippen molar-refractivity contribution in [2.75, 3.05) is 49.4 Å². The maximum absolute atomic E-state index is 13.2. The zero-order chi connectivity index (χ0) is 37.3. The van der Waals surface area contributed by atoms with Gasteiger partial charge in [0.1, 0.15) is 17.5 Å². The summed E-state index contributed by atoms with van der Waals surface area (Å²) in [4.78, 5) is 24.4. The van der Waals surface area contributed by atoms with E-state index in [0.29, 0.717) is 17.2 Å². The number of halogens is 5. The lowest BCUT2D eigenvalue weighted by molar-refractivity contribution is -0.164. The third-order valence-electron chi connectivity index (χ3n) is 7.65. The summed E-state index contributed by atoms with van der Waals surface area (Å²) in [7, 11) is 0. The van der Waals surface area contributed by atoms with E-state index in [1.165, 1.54) is 48.2 Å². The number of ether oxygens (including phenoxy) is 2. The van der Waals surface area contributed by atoms with E-state index in [0.717, 1.165) is 16.9 Å². The van der Waals surface area contributed by atoms with Crippen LogP contribution in [0.5, 0.6) is 0 Å². The molecule has 272 valence electrons. The summed E-state index contributed by atoms with van der Waals surface area (Å²) in [6.07, 6.45) is 5.89. The Morgan fingerprint density at radius 2 is 1.04 bits per heavy atom. The highest BCUT2D eigenvalue weighted by Gasteiger charge is 2.47. The highest BCUT2D eigenvalue weighted by molar-refractivity contribution is 7.99. The number of carbonyl (C=O) groups is 2. The molecule has 0 amide bonds. The Balaban J connectivity index is 0.000000394. The molecule has 0 saturated carbocycles. The number of carbonyl (C=O) groups excluding carboxylic acids is 2. The predicted octanol–water partition coefficient (Wildman–Crippen LogP) is 10.5. The van der Waals surface area contributed by atoms with Crippen molar-refractivity contribution in [2.24, 2.45) is 5.92 Å². The fraction of sp³-hybridized carbons (Fsp3) is 0.459. The lowest BCUT2D eigenvalue weighted by Crippen LogP contribution is -2.46. The van der Waals surface area contributed by atoms with Gasteiger partial charge in [-0.1, -0.05) is 43.3 Å². The minimum Gasteiger partial charge on any atom is -0.465 e. The second-order valence-corrected chi connectivity index (χ2v) is 15.7. The molecule has 3 atom stereocenters. The van der Waals surface area contributed by atoms with Crippen LogP contribution in [0.25, 0.3) is 0 Å². The quantitative estimate of drug-likeness (QED) is 0.0918. The molecular weight excluding hydrogens is 733 g/mol. The van der Waals surface area contributed by atoms with Gasteiger partial charge >= 0.3 is 11.9 Å². The monoisotopic (exact) mass is 778 g/mol. The number of alkyl halides is 2. The summed E-state index contributed by atoms with van der Waals surface area (Å²) in [5.74, 6) is -1.30. The lowest BCUT2D eigenvalue weighted by atomic mass is 9.73. The van der Waals surface area contributed by atoms with Crippen molar-refractivity contribution in [1.82, 2.24) is 0 Å². The van der Waals surface area contributed by atoms with Crippen molar-refractivity contribution in [3.8, 4) is 0 Å². The molecule has 0 aliphatic carbocycles. The average molecular weight is 780 g/mol. The zero-order valence-corrected chi connectivity index (χ0v) is 33.2. The van der Waals surface area contributed by atoms with Gasteiger partial charge in [0.25, 0.3) is 0 Å². The van der Waals surface area contributed by atoms with Crippen LogP contribution in [0, 0.1) is 23.4 Å². The molecule has 3 rings (SSSR count). The van der Waals surface area contributed by atoms with E-state index in [2.05, 4.69) is 6.92 Å². The molecule has 0 N–H and O–H groups in total. The van der Waals surface area contributed by atoms with Gasteiger partial charge in [0.15, 0.2) is 5.92 Å². The number of esters is 2. The largest absolute Gasteiger partial charge is 0.465 e. The molecule has 0 saturated heterocycles. The molecule has 0 aliphatic heterocycles. The molecule has 3 aromatic carbocycles. The highest BCUT2D eigenvalue weighted by Crippen LogP contribution is 2.38. The molecule has 0 aliphatic rings. The van der Waals surface area contributed by atoms with E-state index >= 15 is 0 Å². The zero-order valence-electron chi connectivity index (χ0n) is 29.3. The predicted molar refractivity (Wildman–Crippen MR) is 205 cm³/mol. The standard InChI is InChI=1S/C17H23FO4S.2C10H12ClFS/c1-5-21-15(19)14(16(20)22-6-2)17(3,11-23-4)12-7-9-13(18)10-8-12;1-10(11,7-13-2)8-3-5-9(12)6-4-8;1-10(7-11,13-2)8-3-5-9(12)6-4-8/h7-10,14H,5-6,11H2,1-4H3;2*3-6H,7H2,1-2H3. The van der Waals surface area contributed by atoms with Gasteiger partial charge in [-0.2, -0.15) is 35.3 Å². The molecular formula is C37H47Cl2F3O4S3. The van der Waals surface area contributed by atoms with Crippen molar-refractivity contribution >= 4 is 70.4 Å². The van der Waals surface area contributed by atoms with Gasteiger partial charge in [-0.05, 0) is 99.6 Å². The summed E-state index contributed by atoms with van der Waals surface area (Å²) in [5, 5.41) is 0. The molecule has 49 heavy (non-hydrogen) atoms. The summed E-state index contributed by atoms with van der Waals surface area (Å²) in [6.45, 7) is 9.51. The van der Waals surface area contributed by atoms with Gasteiger partial charge in [0.05, 0.1) is 22.8 Å². The summed E-state index contributed by atoms with van der Waals surface area (Å²) in [5.41, 5.74) is 1.87. The van der Waals surface area contributed by atoms with E-state index in [9.17, 15) is 22.8 Å². The molecule has 0 radical (unpaired) electrons. The number of thioether (sulfide) groups is 3. The number of hydrogen-bond donors (Lipinski definition) is 0. The average Bonchev–Trinajstić information content (AvgIpc) is 3.06. The van der Waals surface area contributed by atoms with Crippen LogP contribution in [0.2, 0.25) is 0 Å². The van der Waals surface area contributed by atoms with Gasteiger partial charge in [0, 0.05) is 22.8 Å². The summed E-state index contributed by atoms with van der Waals surface area (Å²) >= 11 is 17.0. The Morgan fingerprint density at radius 1 is 0.673 bits per heavy atom. The molecule has 3 aromatic rings. The first kappa shape index (κ1) is 45.0. The number of rotatable bonds is 14. The Bertz CT molecular complexity index is 1390. The molecule has 0 spiro atoms. The molecule has 0 bridgehead atoms. The lowest BCUT2D eigenvalue weighted by Gasteiger charge is -2.34. The minimum atomic E-state index is -1.10. The highest BCUT2D eigenvalue weighted by atomic mass is 35.5. The molecule has 0 fully saturated rings. The molecule has 0 aromatic heterocycles. The smallest absolute Gasteiger partial charge is 0.321 e. The van der Waals surface area contributed by atoms with Crippen LogP contribution in [0.3, 0.4) is 0 Å². The van der Waals surface area contributed by atoms with Crippen LogP contribution in [-0.4, -0.2) is 61.3 Å². The maximum atomic E-state index is 13.2.